The highest BCUT2D eigenvalue weighted by Gasteiger charge is 2.22. The number of nitrogens with one attached hydrogen (secondary N) is 1. The third kappa shape index (κ3) is 5.18. The number of carbonyl (C=O) groups excluding carboxylic acids is 1. The summed E-state index contributed by atoms with van der Waals surface area (Å²) in [5.74, 6) is 0.103. The van der Waals surface area contributed by atoms with E-state index in [2.05, 4.69) is 25.6 Å². The van der Waals surface area contributed by atoms with Crippen LogP contribution in [-0.4, -0.2) is 30.9 Å². The van der Waals surface area contributed by atoms with Gasteiger partial charge < -0.3 is 5.32 Å². The number of hydrogen-bond acceptors (Lipinski definition) is 6. The van der Waals surface area contributed by atoms with Crippen LogP contribution in [0.4, 0.5) is 5.69 Å². The molecule has 0 atom stereocenters. The maximum Gasteiger partial charge on any atom is 0.278 e. The molecule has 0 bridgehead atoms. The first-order valence-electron chi connectivity index (χ1n) is 11.5. The molecule has 7 nitrogen and oxygen atoms in total. The van der Waals surface area contributed by atoms with Crippen LogP contribution < -0.4 is 5.32 Å². The normalized spacial score (nSPS) is 10.8. The van der Waals surface area contributed by atoms with Crippen molar-refractivity contribution in [2.24, 2.45) is 0 Å². The lowest BCUT2D eigenvalue weighted by atomic mass is 10.0. The second-order valence-electron chi connectivity index (χ2n) is 8.22. The Morgan fingerprint density at radius 3 is 2.22 bits per heavy atom. The molecule has 36 heavy (non-hydrogen) atoms. The summed E-state index contributed by atoms with van der Waals surface area (Å²) in [6.45, 7) is 3.88. The van der Waals surface area contributed by atoms with Crippen LogP contribution >= 0.6 is 11.8 Å². The van der Waals surface area contributed by atoms with Gasteiger partial charge in [0.1, 0.15) is 0 Å². The molecule has 0 aliphatic carbocycles. The first kappa shape index (κ1) is 23.4. The summed E-state index contributed by atoms with van der Waals surface area (Å²) in [7, 11) is 0. The van der Waals surface area contributed by atoms with Crippen molar-refractivity contribution in [2.75, 3.05) is 5.32 Å². The summed E-state index contributed by atoms with van der Waals surface area (Å²) in [4.78, 5) is 22.6. The van der Waals surface area contributed by atoms with Crippen molar-refractivity contribution in [2.45, 2.75) is 24.8 Å². The Labute approximate surface area is 213 Å². The first-order valence-corrected chi connectivity index (χ1v) is 12.5. The van der Waals surface area contributed by atoms with Crippen LogP contribution in [0.2, 0.25) is 0 Å². The Bertz CT molecular complexity index is 1480. The van der Waals surface area contributed by atoms with Crippen LogP contribution in [0.3, 0.4) is 0 Å². The molecular weight excluding hydrogens is 468 g/mol. The molecule has 8 heteroatoms. The fourth-order valence-corrected chi connectivity index (χ4v) is 4.86. The summed E-state index contributed by atoms with van der Waals surface area (Å²) in [6, 6.07) is 29.3. The Balaban J connectivity index is 1.48. The lowest BCUT2D eigenvalue weighted by Crippen LogP contribution is -2.16. The van der Waals surface area contributed by atoms with Crippen molar-refractivity contribution in [1.29, 1.82) is 0 Å². The van der Waals surface area contributed by atoms with Crippen LogP contribution in [0.15, 0.2) is 96.2 Å². The van der Waals surface area contributed by atoms with Gasteiger partial charge >= 0.3 is 0 Å². The molecule has 0 spiro atoms. The van der Waals surface area contributed by atoms with Crippen molar-refractivity contribution >= 4 is 23.4 Å². The zero-order chi connectivity index (χ0) is 24.9. The third-order valence-electron chi connectivity index (χ3n) is 5.54. The number of rotatable bonds is 7. The van der Waals surface area contributed by atoms with E-state index < -0.39 is 0 Å². The van der Waals surface area contributed by atoms with E-state index in [1.807, 2.05) is 105 Å². The number of para-hydroxylation sites is 2. The minimum Gasteiger partial charge on any atom is -0.320 e. The van der Waals surface area contributed by atoms with E-state index in [4.69, 9.17) is 0 Å². The average Bonchev–Trinajstić information content (AvgIpc) is 3.32. The Hall–Kier alpha value is -4.30. The van der Waals surface area contributed by atoms with E-state index in [0.717, 1.165) is 28.2 Å². The van der Waals surface area contributed by atoms with Crippen molar-refractivity contribution in [3.63, 3.8) is 0 Å². The highest BCUT2D eigenvalue weighted by molar-refractivity contribution is 7.98. The summed E-state index contributed by atoms with van der Waals surface area (Å²) in [5.41, 5.74) is 6.21. The van der Waals surface area contributed by atoms with Gasteiger partial charge in [0, 0.05) is 28.4 Å². The largest absolute Gasteiger partial charge is 0.320 e. The van der Waals surface area contributed by atoms with Gasteiger partial charge in [-0.05, 0) is 43.7 Å². The SMILES string of the molecule is Cc1cc(C)nc(SCc2c(C(=O)Nc3ccccc3-c3ccccc3)nnn2-c2ccccc2)n1. The molecule has 0 unspecified atom stereocenters. The van der Waals surface area contributed by atoms with E-state index in [9.17, 15) is 4.79 Å². The number of carbonyl (C=O) groups is 1. The fourth-order valence-electron chi connectivity index (χ4n) is 3.92. The highest BCUT2D eigenvalue weighted by atomic mass is 32.2. The van der Waals surface area contributed by atoms with Gasteiger partial charge in [0.2, 0.25) is 0 Å². The molecule has 2 aromatic heterocycles. The lowest BCUT2D eigenvalue weighted by Gasteiger charge is -2.12. The smallest absolute Gasteiger partial charge is 0.278 e. The molecule has 2 heterocycles. The number of aryl methyl sites for hydroxylation is 2. The number of aromatic nitrogens is 5. The number of hydrogen-bond donors (Lipinski definition) is 1. The van der Waals surface area contributed by atoms with Crippen molar-refractivity contribution in [3.05, 3.63) is 114 Å². The molecule has 5 rings (SSSR count). The fraction of sp³-hybridized carbons (Fsp3) is 0.107. The molecule has 0 radical (unpaired) electrons. The van der Waals surface area contributed by atoms with Crippen molar-refractivity contribution in [1.82, 2.24) is 25.0 Å². The maximum atomic E-state index is 13.5. The van der Waals surface area contributed by atoms with E-state index in [1.165, 1.54) is 11.8 Å². The van der Waals surface area contributed by atoms with Gasteiger partial charge in [-0.15, -0.1) is 5.10 Å². The second kappa shape index (κ2) is 10.5. The van der Waals surface area contributed by atoms with Crippen LogP contribution in [-0.2, 0) is 5.75 Å². The molecule has 3 aromatic carbocycles. The van der Waals surface area contributed by atoms with Gasteiger partial charge in [-0.2, -0.15) is 0 Å². The van der Waals surface area contributed by atoms with Gasteiger partial charge in [0.25, 0.3) is 5.91 Å². The first-order chi connectivity index (χ1) is 17.6. The molecule has 178 valence electrons. The Morgan fingerprint density at radius 1 is 0.861 bits per heavy atom. The van der Waals surface area contributed by atoms with Crippen LogP contribution in [0.25, 0.3) is 16.8 Å². The van der Waals surface area contributed by atoms with Crippen LogP contribution in [0, 0.1) is 13.8 Å². The molecule has 0 fully saturated rings. The number of benzene rings is 3. The lowest BCUT2D eigenvalue weighted by molar-refractivity contribution is 0.102. The highest BCUT2D eigenvalue weighted by Crippen LogP contribution is 2.29. The van der Waals surface area contributed by atoms with Gasteiger partial charge in [0.05, 0.1) is 11.4 Å². The van der Waals surface area contributed by atoms with Crippen molar-refractivity contribution in [3.8, 4) is 16.8 Å². The zero-order valence-electron chi connectivity index (χ0n) is 19.9. The number of anilines is 1. The van der Waals surface area contributed by atoms with Crippen LogP contribution in [0.5, 0.6) is 0 Å². The Kier molecular flexibility index (Phi) is 6.86. The molecule has 1 N–H and O–H groups in total. The molecule has 1 amide bonds. The Morgan fingerprint density at radius 2 is 1.50 bits per heavy atom. The predicted octanol–water partition coefficient (Wildman–Crippen LogP) is 5.89. The zero-order valence-corrected chi connectivity index (χ0v) is 20.7. The van der Waals surface area contributed by atoms with E-state index in [0.29, 0.717) is 22.3 Å². The van der Waals surface area contributed by atoms with Crippen molar-refractivity contribution < 1.29 is 4.79 Å². The van der Waals surface area contributed by atoms with E-state index in [1.54, 1.807) is 4.68 Å². The summed E-state index contributed by atoms with van der Waals surface area (Å²) in [5, 5.41) is 12.3. The molecule has 0 aliphatic heterocycles. The topological polar surface area (TPSA) is 85.6 Å². The number of thioether (sulfide) groups is 1. The van der Waals surface area contributed by atoms with Gasteiger partial charge in [0.15, 0.2) is 10.9 Å². The van der Waals surface area contributed by atoms with Gasteiger partial charge in [-0.1, -0.05) is 83.7 Å². The van der Waals surface area contributed by atoms with Gasteiger partial charge in [-0.25, -0.2) is 14.6 Å². The van der Waals surface area contributed by atoms with Gasteiger partial charge in [-0.3, -0.25) is 4.79 Å². The van der Waals surface area contributed by atoms with E-state index in [-0.39, 0.29) is 11.6 Å². The van der Waals surface area contributed by atoms with E-state index >= 15 is 0 Å². The minimum atomic E-state index is -0.322. The molecular formula is C28H24N6OS. The predicted molar refractivity (Wildman–Crippen MR) is 142 cm³/mol. The third-order valence-corrected chi connectivity index (χ3v) is 6.40. The monoisotopic (exact) mass is 492 g/mol. The molecule has 0 saturated carbocycles. The standard InChI is InChI=1S/C28H24N6OS/c1-19-17-20(2)30-28(29-19)36-18-25-26(32-33-34(25)22-13-7-4-8-14-22)27(35)31-24-16-10-9-15-23(24)21-11-5-3-6-12-21/h3-17H,18H2,1-2H3,(H,31,35). The average molecular weight is 493 g/mol. The van der Waals surface area contributed by atoms with Crippen LogP contribution in [0.1, 0.15) is 27.6 Å². The summed E-state index contributed by atoms with van der Waals surface area (Å²) >= 11 is 1.45. The summed E-state index contributed by atoms with van der Waals surface area (Å²) < 4.78 is 1.70. The molecule has 0 saturated heterocycles. The number of nitrogens with zero attached hydrogens (tertiary/aromatic N) is 5. The number of amides is 1. The minimum absolute atomic E-state index is 0.263. The maximum absolute atomic E-state index is 13.5. The second-order valence-corrected chi connectivity index (χ2v) is 9.16. The quantitative estimate of drug-likeness (QED) is 0.225. The molecule has 0 aliphatic rings. The molecule has 5 aromatic rings. The summed E-state index contributed by atoms with van der Waals surface area (Å²) in [6.07, 6.45) is 0.